The van der Waals surface area contributed by atoms with Gasteiger partial charge in [0.25, 0.3) is 0 Å². The lowest BCUT2D eigenvalue weighted by atomic mass is 9.95. The molecule has 1 aliphatic rings. The van der Waals surface area contributed by atoms with Crippen LogP contribution in [0, 0.1) is 0 Å². The Morgan fingerprint density at radius 3 is 2.29 bits per heavy atom. The van der Waals surface area contributed by atoms with Crippen molar-refractivity contribution in [1.82, 2.24) is 25.3 Å². The highest BCUT2D eigenvalue weighted by molar-refractivity contribution is 6.36. The quantitative estimate of drug-likeness (QED) is 0.147. The standard InChI is InChI=1S/C36H29Cl2F3N6O2/c1-46(19-24-8-2-4-13-28(24)36(39,40)41)20-31-42-45-35(48-31)27-12-6-11-25(33(27)38)23-16-15-22-9-7-17-47(30(22)18-23)21-32-43-44-34(49-32)26-10-3-5-14-29(26)37/h2-6,8,10-16,18H,7,9,17,19-21H2,1H3. The molecule has 8 nitrogen and oxygen atoms in total. The molecule has 250 valence electrons. The smallest absolute Gasteiger partial charge is 0.416 e. The summed E-state index contributed by atoms with van der Waals surface area (Å²) in [6, 6.07) is 24.7. The van der Waals surface area contributed by atoms with Crippen LogP contribution < -0.4 is 4.90 Å². The Kier molecular flexibility index (Phi) is 9.15. The van der Waals surface area contributed by atoms with E-state index in [-0.39, 0.29) is 30.4 Å². The molecule has 0 saturated carbocycles. The van der Waals surface area contributed by atoms with Crippen molar-refractivity contribution in [2.45, 2.75) is 38.7 Å². The lowest BCUT2D eigenvalue weighted by Gasteiger charge is -2.30. The minimum absolute atomic E-state index is 0.0496. The van der Waals surface area contributed by atoms with Gasteiger partial charge in [0.2, 0.25) is 23.6 Å². The molecule has 2 aromatic heterocycles. The van der Waals surface area contributed by atoms with Gasteiger partial charge >= 0.3 is 6.18 Å². The van der Waals surface area contributed by atoms with Crippen molar-refractivity contribution in [2.24, 2.45) is 0 Å². The molecule has 0 saturated heterocycles. The molecule has 0 aliphatic carbocycles. The Bertz CT molecular complexity index is 2110. The molecule has 13 heteroatoms. The van der Waals surface area contributed by atoms with Crippen molar-refractivity contribution in [3.8, 4) is 34.0 Å². The fraction of sp³-hybridized carbons (Fsp3) is 0.222. The predicted molar refractivity (Wildman–Crippen MR) is 181 cm³/mol. The first kappa shape index (κ1) is 32.8. The maximum atomic E-state index is 13.5. The average Bonchev–Trinajstić information content (AvgIpc) is 3.75. The van der Waals surface area contributed by atoms with Crippen LogP contribution in [0.1, 0.15) is 34.9 Å². The van der Waals surface area contributed by atoms with Crippen molar-refractivity contribution < 1.29 is 22.0 Å². The van der Waals surface area contributed by atoms with Gasteiger partial charge < -0.3 is 13.7 Å². The minimum Gasteiger partial charge on any atom is -0.419 e. The maximum absolute atomic E-state index is 13.5. The van der Waals surface area contributed by atoms with Crippen LogP contribution in [-0.2, 0) is 32.2 Å². The maximum Gasteiger partial charge on any atom is 0.416 e. The molecule has 4 aromatic carbocycles. The molecule has 0 bridgehead atoms. The molecular formula is C36H29Cl2F3N6O2. The number of benzene rings is 4. The highest BCUT2D eigenvalue weighted by Crippen LogP contribution is 2.40. The van der Waals surface area contributed by atoms with Gasteiger partial charge in [-0.3, -0.25) is 4.90 Å². The number of aryl methyl sites for hydroxylation is 1. The third-order valence-electron chi connectivity index (χ3n) is 8.37. The van der Waals surface area contributed by atoms with Gasteiger partial charge in [0.05, 0.1) is 39.8 Å². The lowest BCUT2D eigenvalue weighted by molar-refractivity contribution is -0.138. The summed E-state index contributed by atoms with van der Waals surface area (Å²) in [6.45, 7) is 1.45. The summed E-state index contributed by atoms with van der Waals surface area (Å²) in [7, 11) is 1.69. The lowest BCUT2D eigenvalue weighted by Crippen LogP contribution is -2.29. The molecule has 7 rings (SSSR count). The van der Waals surface area contributed by atoms with Gasteiger partial charge in [-0.05, 0) is 66.9 Å². The number of hydrogen-bond donors (Lipinski definition) is 0. The largest absolute Gasteiger partial charge is 0.419 e. The molecule has 0 amide bonds. The zero-order valence-corrected chi connectivity index (χ0v) is 27.7. The van der Waals surface area contributed by atoms with Gasteiger partial charge in [-0.2, -0.15) is 13.2 Å². The third-order valence-corrected chi connectivity index (χ3v) is 9.11. The van der Waals surface area contributed by atoms with E-state index in [0.29, 0.717) is 39.5 Å². The molecule has 0 N–H and O–H groups in total. The van der Waals surface area contributed by atoms with E-state index in [1.165, 1.54) is 17.7 Å². The average molecular weight is 706 g/mol. The number of alkyl halides is 3. The summed E-state index contributed by atoms with van der Waals surface area (Å²) in [6.07, 6.45) is -2.52. The van der Waals surface area contributed by atoms with Gasteiger partial charge in [-0.1, -0.05) is 77.8 Å². The van der Waals surface area contributed by atoms with Gasteiger partial charge in [0.15, 0.2) is 0 Å². The number of hydrogen-bond acceptors (Lipinski definition) is 8. The van der Waals surface area contributed by atoms with Crippen LogP contribution >= 0.6 is 23.2 Å². The molecule has 49 heavy (non-hydrogen) atoms. The summed E-state index contributed by atoms with van der Waals surface area (Å²) < 4.78 is 52.4. The van der Waals surface area contributed by atoms with Gasteiger partial charge in [-0.25, -0.2) is 0 Å². The van der Waals surface area contributed by atoms with Crippen molar-refractivity contribution in [2.75, 3.05) is 18.5 Å². The van der Waals surface area contributed by atoms with Crippen LogP contribution in [-0.4, -0.2) is 38.9 Å². The Hall–Kier alpha value is -4.71. The van der Waals surface area contributed by atoms with Crippen LogP contribution in [0.15, 0.2) is 93.8 Å². The molecule has 0 unspecified atom stereocenters. The summed E-state index contributed by atoms with van der Waals surface area (Å²) >= 11 is 13.3. The summed E-state index contributed by atoms with van der Waals surface area (Å²) in [5.74, 6) is 1.33. The van der Waals surface area contributed by atoms with Crippen LogP contribution in [0.4, 0.5) is 18.9 Å². The number of fused-ring (bicyclic) bond motifs is 1. The Morgan fingerprint density at radius 2 is 1.47 bits per heavy atom. The number of aromatic nitrogens is 4. The van der Waals surface area contributed by atoms with E-state index in [2.05, 4.69) is 37.4 Å². The zero-order valence-electron chi connectivity index (χ0n) is 26.2. The van der Waals surface area contributed by atoms with E-state index in [4.69, 9.17) is 32.0 Å². The third kappa shape index (κ3) is 7.05. The topological polar surface area (TPSA) is 84.3 Å². The van der Waals surface area contributed by atoms with E-state index in [9.17, 15) is 13.2 Å². The van der Waals surface area contributed by atoms with Crippen LogP contribution in [0.2, 0.25) is 10.0 Å². The molecule has 3 heterocycles. The van der Waals surface area contributed by atoms with Crippen molar-refractivity contribution in [3.05, 3.63) is 123 Å². The van der Waals surface area contributed by atoms with Crippen molar-refractivity contribution in [1.29, 1.82) is 0 Å². The predicted octanol–water partition coefficient (Wildman–Crippen LogP) is 9.36. The Balaban J connectivity index is 1.09. The molecule has 0 atom stereocenters. The number of halogens is 5. The first-order valence-electron chi connectivity index (χ1n) is 15.5. The van der Waals surface area contributed by atoms with E-state index >= 15 is 0 Å². The molecule has 0 radical (unpaired) electrons. The van der Waals surface area contributed by atoms with Crippen molar-refractivity contribution in [3.63, 3.8) is 0 Å². The summed E-state index contributed by atoms with van der Waals surface area (Å²) in [4.78, 5) is 3.91. The van der Waals surface area contributed by atoms with E-state index in [0.717, 1.165) is 42.3 Å². The summed E-state index contributed by atoms with van der Waals surface area (Å²) in [5, 5.41) is 17.8. The SMILES string of the molecule is CN(Cc1nnc(-c2cccc(-c3ccc4c(c3)N(Cc3nnc(-c5ccccc5Cl)o3)CCC4)c2Cl)o1)Cc1ccccc1C(F)(F)F. The minimum atomic E-state index is -4.44. The zero-order chi connectivity index (χ0) is 34.1. The van der Waals surface area contributed by atoms with Crippen LogP contribution in [0.3, 0.4) is 0 Å². The second-order valence-corrected chi connectivity index (χ2v) is 12.6. The Morgan fingerprint density at radius 1 is 0.776 bits per heavy atom. The van der Waals surface area contributed by atoms with Crippen LogP contribution in [0.5, 0.6) is 0 Å². The van der Waals surface area contributed by atoms with Gasteiger partial charge in [0.1, 0.15) is 0 Å². The van der Waals surface area contributed by atoms with Crippen molar-refractivity contribution >= 4 is 28.9 Å². The van der Waals surface area contributed by atoms with Gasteiger partial charge in [0, 0.05) is 24.3 Å². The number of rotatable bonds is 9. The normalized spacial score (nSPS) is 13.2. The highest BCUT2D eigenvalue weighted by atomic mass is 35.5. The van der Waals surface area contributed by atoms with E-state index < -0.39 is 11.7 Å². The Labute approximate surface area is 290 Å². The molecule has 0 fully saturated rings. The molecule has 1 aliphatic heterocycles. The molecule has 0 spiro atoms. The molecule has 6 aromatic rings. The van der Waals surface area contributed by atoms with Gasteiger partial charge in [-0.15, -0.1) is 20.4 Å². The second-order valence-electron chi connectivity index (χ2n) is 11.8. The summed E-state index contributed by atoms with van der Waals surface area (Å²) in [5.41, 5.74) is 4.68. The first-order valence-corrected chi connectivity index (χ1v) is 16.3. The van der Waals surface area contributed by atoms with Crippen LogP contribution in [0.25, 0.3) is 34.0 Å². The monoisotopic (exact) mass is 704 g/mol. The molecular weight excluding hydrogens is 676 g/mol. The second kappa shape index (κ2) is 13.7. The highest BCUT2D eigenvalue weighted by Gasteiger charge is 2.33. The number of nitrogens with zero attached hydrogens (tertiary/aromatic N) is 6. The first-order chi connectivity index (χ1) is 23.6. The number of anilines is 1. The fourth-order valence-corrected chi connectivity index (χ4v) is 6.60. The fourth-order valence-electron chi connectivity index (χ4n) is 6.07. The van der Waals surface area contributed by atoms with E-state index in [1.54, 1.807) is 30.1 Å². The van der Waals surface area contributed by atoms with E-state index in [1.807, 2.05) is 36.4 Å².